The fraction of sp³-hybridized carbons (Fsp3) is 0.837. The molecular weight excluding hydrogens is 869 g/mol. The molecule has 0 aromatic heterocycles. The number of esters is 1. The molecule has 0 unspecified atom stereocenters. The van der Waals surface area contributed by atoms with E-state index >= 15 is 0 Å². The van der Waals surface area contributed by atoms with E-state index in [1.54, 1.807) is 34.6 Å². The van der Waals surface area contributed by atoms with Gasteiger partial charge in [-0.15, -0.1) is 0 Å². The second-order valence-electron chi connectivity index (χ2n) is 20.5. The summed E-state index contributed by atoms with van der Waals surface area (Å²) in [5, 5.41) is 67.0. The Morgan fingerprint density at radius 3 is 2.21 bits per heavy atom. The number of carbonyl (C=O) groups is 1. The van der Waals surface area contributed by atoms with Gasteiger partial charge in [0.1, 0.15) is 30.0 Å². The molecular formula is C49H86N4O12S. The van der Waals surface area contributed by atoms with Crippen LogP contribution in [0, 0.1) is 17.8 Å². The van der Waals surface area contributed by atoms with E-state index in [9.17, 15) is 30.3 Å². The van der Waals surface area contributed by atoms with Gasteiger partial charge in [-0.25, -0.2) is 0 Å². The maximum absolute atomic E-state index is 14.5. The van der Waals surface area contributed by atoms with E-state index in [1.165, 1.54) is 19.6 Å². The minimum Gasteiger partial charge on any atom is -0.459 e. The summed E-state index contributed by atoms with van der Waals surface area (Å²) in [6.45, 7) is 19.9. The van der Waals surface area contributed by atoms with Gasteiger partial charge >= 0.3 is 5.97 Å². The highest BCUT2D eigenvalue weighted by Gasteiger charge is 2.53. The molecule has 18 atom stereocenters. The van der Waals surface area contributed by atoms with Gasteiger partial charge in [-0.05, 0) is 118 Å². The van der Waals surface area contributed by atoms with Gasteiger partial charge in [0, 0.05) is 57.7 Å². The standard InChI is InChI=1S/C49H86N4O12S/c1-14-37-49(10,59)41(55)33(6)53(24-18-22-50-46(66)51-23-21-35-19-16-15-17-20-35)28-29(2)26-47(8,58)43(65-45-39(54)36(52(11)12)25-30(3)61-45)31(4)40(32(5)44(57)63-37)64-38-27-48(9,60-13)42(56)34(7)62-38/h15-17,19-20,29-34,36-43,45,54-56,58-59H,14,18,21-28H2,1-13H3,(H2,50,51,66)/t29-,30-,31+,32-,33-,34+,36+,37-,38-,39-,40+,41-,42+,43-,45+,47-,48-,49-/m1/s1. The zero-order chi connectivity index (χ0) is 49.3. The van der Waals surface area contributed by atoms with Crippen molar-refractivity contribution in [1.82, 2.24) is 20.4 Å². The minimum absolute atomic E-state index is 0.115. The van der Waals surface area contributed by atoms with Gasteiger partial charge in [0.25, 0.3) is 0 Å². The lowest BCUT2D eigenvalue weighted by Gasteiger charge is -2.48. The van der Waals surface area contributed by atoms with Crippen LogP contribution in [0.25, 0.3) is 0 Å². The lowest BCUT2D eigenvalue weighted by Crippen LogP contribution is -2.60. The van der Waals surface area contributed by atoms with Gasteiger partial charge in [0.05, 0.1) is 41.5 Å². The zero-order valence-electron chi connectivity index (χ0n) is 42.0. The molecule has 3 fully saturated rings. The summed E-state index contributed by atoms with van der Waals surface area (Å²) in [6, 6.07) is 9.25. The predicted molar refractivity (Wildman–Crippen MR) is 256 cm³/mol. The lowest BCUT2D eigenvalue weighted by atomic mass is 9.77. The first-order chi connectivity index (χ1) is 30.9. The van der Waals surface area contributed by atoms with Crippen LogP contribution in [-0.2, 0) is 39.6 Å². The maximum atomic E-state index is 14.5. The average molecular weight is 955 g/mol. The highest BCUT2D eigenvalue weighted by molar-refractivity contribution is 7.80. The number of benzene rings is 1. The molecule has 3 heterocycles. The second kappa shape index (κ2) is 24.6. The van der Waals surface area contributed by atoms with Crippen LogP contribution in [0.4, 0.5) is 0 Å². The Morgan fingerprint density at radius 2 is 1.59 bits per heavy atom. The normalized spacial score (nSPS) is 41.4. The number of nitrogens with one attached hydrogen (secondary N) is 2. The molecule has 7 N–H and O–H groups in total. The van der Waals surface area contributed by atoms with E-state index in [-0.39, 0.29) is 37.3 Å². The van der Waals surface area contributed by atoms with Crippen LogP contribution in [0.3, 0.4) is 0 Å². The number of aliphatic hydroxyl groups excluding tert-OH is 3. The molecule has 380 valence electrons. The number of hydrogen-bond acceptors (Lipinski definition) is 15. The number of hydrogen-bond donors (Lipinski definition) is 7. The van der Waals surface area contributed by atoms with E-state index in [2.05, 4.69) is 27.7 Å². The summed E-state index contributed by atoms with van der Waals surface area (Å²) in [4.78, 5) is 18.6. The van der Waals surface area contributed by atoms with Crippen molar-refractivity contribution >= 4 is 23.3 Å². The molecule has 0 radical (unpaired) electrons. The Labute approximate surface area is 400 Å². The second-order valence-corrected chi connectivity index (χ2v) is 20.9. The molecule has 3 saturated heterocycles. The first kappa shape index (κ1) is 56.5. The number of ether oxygens (including phenoxy) is 6. The van der Waals surface area contributed by atoms with Crippen LogP contribution in [0.15, 0.2) is 30.3 Å². The number of aliphatic hydroxyl groups is 5. The quantitative estimate of drug-likeness (QED) is 0.0812. The Balaban J connectivity index is 1.70. The van der Waals surface area contributed by atoms with Gasteiger partial charge in [-0.2, -0.15) is 0 Å². The third kappa shape index (κ3) is 14.5. The van der Waals surface area contributed by atoms with Crippen molar-refractivity contribution in [2.24, 2.45) is 17.8 Å². The third-order valence-corrected chi connectivity index (χ3v) is 14.8. The van der Waals surface area contributed by atoms with E-state index in [1.807, 2.05) is 64.9 Å². The van der Waals surface area contributed by atoms with Gasteiger partial charge in [-0.3, -0.25) is 9.69 Å². The Kier molecular flexibility index (Phi) is 21.1. The Morgan fingerprint density at radius 1 is 0.939 bits per heavy atom. The van der Waals surface area contributed by atoms with Crippen LogP contribution < -0.4 is 10.6 Å². The molecule has 1 aromatic rings. The van der Waals surface area contributed by atoms with E-state index in [0.29, 0.717) is 44.1 Å². The van der Waals surface area contributed by atoms with Crippen molar-refractivity contribution in [2.75, 3.05) is 47.4 Å². The first-order valence-corrected chi connectivity index (χ1v) is 24.6. The summed E-state index contributed by atoms with van der Waals surface area (Å²) in [6.07, 6.45) is -7.22. The fourth-order valence-electron chi connectivity index (χ4n) is 10.4. The van der Waals surface area contributed by atoms with Crippen molar-refractivity contribution in [2.45, 2.75) is 198 Å². The van der Waals surface area contributed by atoms with E-state index in [0.717, 1.165) is 6.42 Å². The predicted octanol–water partition coefficient (Wildman–Crippen LogP) is 3.37. The number of thiocarbonyl (C=S) groups is 1. The van der Waals surface area contributed by atoms with Gasteiger partial charge in [-0.1, -0.05) is 51.1 Å². The van der Waals surface area contributed by atoms with Crippen molar-refractivity contribution in [3.05, 3.63) is 35.9 Å². The summed E-state index contributed by atoms with van der Waals surface area (Å²) < 4.78 is 38.1. The van der Waals surface area contributed by atoms with Crippen molar-refractivity contribution < 1.29 is 58.7 Å². The molecule has 3 aliphatic rings. The largest absolute Gasteiger partial charge is 0.459 e. The summed E-state index contributed by atoms with van der Waals surface area (Å²) in [5.74, 6) is -2.75. The fourth-order valence-corrected chi connectivity index (χ4v) is 10.6. The highest BCUT2D eigenvalue weighted by atomic mass is 32.1. The summed E-state index contributed by atoms with van der Waals surface area (Å²) in [7, 11) is 5.29. The zero-order valence-corrected chi connectivity index (χ0v) is 42.8. The SMILES string of the molecule is CC[C@H]1OC(=O)[C@H](C)[C@@H](O[C@@H]2C[C@@](C)(OC)[C@@H](O)[C@H](C)O2)[C@H](C)[C@@H](O[C@@H]2O[C@H](C)C[C@H](N(C)C)[C@H]2O)[C@](C)(O)C[C@@H](C)CN(CCCNC(=S)NCCc2ccccc2)[C@H](C)[C@@H](O)[C@]1(C)O. The molecule has 0 saturated carbocycles. The molecule has 3 aliphatic heterocycles. The molecule has 1 aromatic carbocycles. The number of rotatable bonds is 14. The van der Waals surface area contributed by atoms with Gasteiger partial charge in [0.15, 0.2) is 17.7 Å². The molecule has 4 rings (SSSR count). The van der Waals surface area contributed by atoms with Crippen LogP contribution in [0.1, 0.15) is 107 Å². The number of cyclic esters (lactones) is 1. The average Bonchev–Trinajstić information content (AvgIpc) is 3.26. The van der Waals surface area contributed by atoms with Crippen molar-refractivity contribution in [3.63, 3.8) is 0 Å². The van der Waals surface area contributed by atoms with E-state index < -0.39 is 96.0 Å². The number of nitrogens with zero attached hydrogens (tertiary/aromatic N) is 2. The summed E-state index contributed by atoms with van der Waals surface area (Å²) in [5.41, 5.74) is -3.33. The van der Waals surface area contributed by atoms with Crippen LogP contribution in [0.5, 0.6) is 0 Å². The smallest absolute Gasteiger partial charge is 0.311 e. The lowest BCUT2D eigenvalue weighted by molar-refractivity contribution is -0.318. The Hall–Kier alpha value is -2.10. The van der Waals surface area contributed by atoms with Gasteiger partial charge < -0.3 is 69.5 Å². The molecule has 16 nitrogen and oxygen atoms in total. The maximum Gasteiger partial charge on any atom is 0.311 e. The van der Waals surface area contributed by atoms with Crippen LogP contribution >= 0.6 is 12.2 Å². The monoisotopic (exact) mass is 955 g/mol. The number of carbonyl (C=O) groups excluding carboxylic acids is 1. The molecule has 0 amide bonds. The first-order valence-electron chi connectivity index (χ1n) is 24.2. The summed E-state index contributed by atoms with van der Waals surface area (Å²) >= 11 is 5.58. The molecule has 0 spiro atoms. The van der Waals surface area contributed by atoms with Crippen molar-refractivity contribution in [1.29, 1.82) is 0 Å². The van der Waals surface area contributed by atoms with E-state index in [4.69, 9.17) is 40.6 Å². The Bertz CT molecular complexity index is 1650. The molecule has 17 heteroatoms. The minimum atomic E-state index is -1.88. The van der Waals surface area contributed by atoms with Crippen LogP contribution in [-0.4, -0.2) is 184 Å². The highest BCUT2D eigenvalue weighted by Crippen LogP contribution is 2.40. The topological polar surface area (TPSA) is 204 Å². The van der Waals surface area contributed by atoms with Gasteiger partial charge in [0.2, 0.25) is 0 Å². The molecule has 0 bridgehead atoms. The molecule has 66 heavy (non-hydrogen) atoms. The molecule has 0 aliphatic carbocycles. The number of methoxy groups -OCH3 is 1. The third-order valence-electron chi connectivity index (χ3n) is 14.5. The van der Waals surface area contributed by atoms with Crippen molar-refractivity contribution in [3.8, 4) is 0 Å². The van der Waals surface area contributed by atoms with Crippen LogP contribution in [0.2, 0.25) is 0 Å². The number of likely N-dealkylation sites (N-methyl/N-ethyl adjacent to an activating group) is 1.